The van der Waals surface area contributed by atoms with Gasteiger partial charge in [0.05, 0.1) is 4.92 Å². The molecule has 0 N–H and O–H groups in total. The van der Waals surface area contributed by atoms with Crippen LogP contribution in [0.1, 0.15) is 16.7 Å². The number of rotatable bonds is 3. The molecular formula is C17H10ClIN2O4. The van der Waals surface area contributed by atoms with Crippen LogP contribution in [-0.2, 0) is 9.53 Å². The maximum atomic E-state index is 12.0. The summed E-state index contributed by atoms with van der Waals surface area (Å²) in [5.41, 5.74) is 2.01. The highest BCUT2D eigenvalue weighted by Gasteiger charge is 2.24. The molecule has 1 aliphatic heterocycles. The number of cyclic esters (lactones) is 1. The van der Waals surface area contributed by atoms with Crippen molar-refractivity contribution in [2.45, 2.75) is 6.92 Å². The normalized spacial score (nSPS) is 15.2. The second kappa shape index (κ2) is 6.93. The number of carbonyl (C=O) groups excluding carboxylic acids is 1. The quantitative estimate of drug-likeness (QED) is 0.218. The first kappa shape index (κ1) is 17.6. The second-order valence-corrected chi connectivity index (χ2v) is 6.84. The predicted molar refractivity (Wildman–Crippen MR) is 103 cm³/mol. The molecule has 0 radical (unpaired) electrons. The standard InChI is InChI=1S/C17H10ClIN2O4/c1-9-6-11(3-5-13(9)19)16-20-14(17(22)25-16)7-10-2-4-12(18)15(8-10)21(23)24/h2-8H,1H3/b14-7-. The third-order valence-electron chi connectivity index (χ3n) is 3.50. The lowest BCUT2D eigenvalue weighted by molar-refractivity contribution is -0.384. The molecule has 0 saturated carbocycles. The Kier molecular flexibility index (Phi) is 4.87. The number of hydrogen-bond acceptors (Lipinski definition) is 5. The Morgan fingerprint density at radius 2 is 2.04 bits per heavy atom. The van der Waals surface area contributed by atoms with E-state index in [0.29, 0.717) is 11.1 Å². The lowest BCUT2D eigenvalue weighted by Crippen LogP contribution is -2.05. The van der Waals surface area contributed by atoms with Gasteiger partial charge in [-0.15, -0.1) is 0 Å². The molecule has 3 rings (SSSR count). The monoisotopic (exact) mass is 468 g/mol. The number of nitrogens with zero attached hydrogens (tertiary/aromatic N) is 2. The van der Waals surface area contributed by atoms with Crippen LogP contribution in [0.25, 0.3) is 6.08 Å². The van der Waals surface area contributed by atoms with Crippen molar-refractivity contribution in [1.82, 2.24) is 0 Å². The number of aliphatic imine (C=N–C) groups is 1. The Balaban J connectivity index is 1.97. The Hall–Kier alpha value is -2.26. The minimum Gasteiger partial charge on any atom is -0.402 e. The number of benzene rings is 2. The number of nitro benzene ring substituents is 1. The Morgan fingerprint density at radius 3 is 2.72 bits per heavy atom. The van der Waals surface area contributed by atoms with Gasteiger partial charge >= 0.3 is 5.97 Å². The van der Waals surface area contributed by atoms with Gasteiger partial charge in [0, 0.05) is 15.2 Å². The highest BCUT2D eigenvalue weighted by Crippen LogP contribution is 2.27. The van der Waals surface area contributed by atoms with E-state index < -0.39 is 10.9 Å². The summed E-state index contributed by atoms with van der Waals surface area (Å²) in [6.45, 7) is 1.95. The van der Waals surface area contributed by atoms with Crippen molar-refractivity contribution in [2.24, 2.45) is 4.99 Å². The summed E-state index contributed by atoms with van der Waals surface area (Å²) >= 11 is 8.00. The molecule has 0 bridgehead atoms. The molecule has 0 atom stereocenters. The topological polar surface area (TPSA) is 81.8 Å². The van der Waals surface area contributed by atoms with E-state index in [4.69, 9.17) is 16.3 Å². The van der Waals surface area contributed by atoms with Crippen LogP contribution >= 0.6 is 34.2 Å². The zero-order valence-corrected chi connectivity index (χ0v) is 15.7. The molecule has 126 valence electrons. The molecule has 0 fully saturated rings. The van der Waals surface area contributed by atoms with E-state index >= 15 is 0 Å². The molecule has 0 aromatic heterocycles. The van der Waals surface area contributed by atoms with Crippen molar-refractivity contribution < 1.29 is 14.5 Å². The van der Waals surface area contributed by atoms with E-state index in [2.05, 4.69) is 27.6 Å². The molecule has 0 unspecified atom stereocenters. The van der Waals surface area contributed by atoms with Gasteiger partial charge in [0.2, 0.25) is 5.90 Å². The van der Waals surface area contributed by atoms with Gasteiger partial charge in [-0.3, -0.25) is 10.1 Å². The summed E-state index contributed by atoms with van der Waals surface area (Å²) < 4.78 is 6.30. The number of esters is 1. The lowest BCUT2D eigenvalue weighted by Gasteiger charge is -2.02. The molecule has 25 heavy (non-hydrogen) atoms. The van der Waals surface area contributed by atoms with E-state index in [0.717, 1.165) is 9.13 Å². The van der Waals surface area contributed by atoms with Gasteiger partial charge < -0.3 is 4.74 Å². The fraction of sp³-hybridized carbons (Fsp3) is 0.0588. The van der Waals surface area contributed by atoms with Crippen LogP contribution in [0.5, 0.6) is 0 Å². The summed E-state index contributed by atoms with van der Waals surface area (Å²) in [6, 6.07) is 9.86. The number of nitro groups is 1. The highest BCUT2D eigenvalue weighted by molar-refractivity contribution is 14.1. The van der Waals surface area contributed by atoms with Gasteiger partial charge in [0.15, 0.2) is 5.70 Å². The van der Waals surface area contributed by atoms with Crippen LogP contribution in [0.3, 0.4) is 0 Å². The second-order valence-electron chi connectivity index (χ2n) is 5.27. The van der Waals surface area contributed by atoms with Crippen LogP contribution in [0, 0.1) is 20.6 Å². The zero-order valence-electron chi connectivity index (χ0n) is 12.8. The third-order valence-corrected chi connectivity index (χ3v) is 5.03. The zero-order chi connectivity index (χ0) is 18.1. The summed E-state index contributed by atoms with van der Waals surface area (Å²) in [6.07, 6.45) is 1.43. The lowest BCUT2D eigenvalue weighted by atomic mass is 10.1. The largest absolute Gasteiger partial charge is 0.402 e. The Labute approximate surface area is 161 Å². The molecule has 0 amide bonds. The first-order chi connectivity index (χ1) is 11.8. The van der Waals surface area contributed by atoms with Gasteiger partial charge in [-0.1, -0.05) is 17.7 Å². The van der Waals surface area contributed by atoms with Gasteiger partial charge in [0.1, 0.15) is 5.02 Å². The van der Waals surface area contributed by atoms with E-state index in [1.54, 1.807) is 6.07 Å². The molecule has 1 aliphatic rings. The molecule has 2 aromatic carbocycles. The number of carbonyl (C=O) groups is 1. The van der Waals surface area contributed by atoms with Crippen LogP contribution < -0.4 is 0 Å². The van der Waals surface area contributed by atoms with Crippen LogP contribution in [0.15, 0.2) is 47.1 Å². The van der Waals surface area contributed by atoms with Gasteiger partial charge in [-0.25, -0.2) is 9.79 Å². The molecule has 8 heteroatoms. The van der Waals surface area contributed by atoms with Crippen LogP contribution in [0.2, 0.25) is 5.02 Å². The molecule has 1 heterocycles. The fourth-order valence-corrected chi connectivity index (χ4v) is 2.75. The van der Waals surface area contributed by atoms with Gasteiger partial charge in [0.25, 0.3) is 5.69 Å². The van der Waals surface area contributed by atoms with Gasteiger partial charge in [-0.2, -0.15) is 0 Å². The Morgan fingerprint density at radius 1 is 1.28 bits per heavy atom. The molecule has 0 saturated heterocycles. The van der Waals surface area contributed by atoms with E-state index in [1.807, 2.05) is 25.1 Å². The first-order valence-electron chi connectivity index (χ1n) is 7.08. The van der Waals surface area contributed by atoms with Crippen molar-refractivity contribution in [3.8, 4) is 0 Å². The van der Waals surface area contributed by atoms with Crippen LogP contribution in [-0.4, -0.2) is 16.8 Å². The summed E-state index contributed by atoms with van der Waals surface area (Å²) in [5.74, 6) is -0.400. The molecule has 6 nitrogen and oxygen atoms in total. The van der Waals surface area contributed by atoms with E-state index in [9.17, 15) is 14.9 Å². The van der Waals surface area contributed by atoms with Crippen molar-refractivity contribution in [3.05, 3.63) is 77.5 Å². The molecule has 0 spiro atoms. The molecule has 0 aliphatic carbocycles. The summed E-state index contributed by atoms with van der Waals surface area (Å²) in [7, 11) is 0. The average Bonchev–Trinajstić information content (AvgIpc) is 2.92. The number of ether oxygens (including phenoxy) is 1. The van der Waals surface area contributed by atoms with Crippen LogP contribution in [0.4, 0.5) is 5.69 Å². The maximum absolute atomic E-state index is 12.0. The minimum atomic E-state index is -0.608. The summed E-state index contributed by atoms with van der Waals surface area (Å²) in [5, 5.41) is 11.0. The third kappa shape index (κ3) is 3.72. The average molecular weight is 469 g/mol. The highest BCUT2D eigenvalue weighted by atomic mass is 127. The number of aryl methyl sites for hydroxylation is 1. The molecule has 2 aromatic rings. The molecular weight excluding hydrogens is 459 g/mol. The maximum Gasteiger partial charge on any atom is 0.363 e. The van der Waals surface area contributed by atoms with Crippen molar-refractivity contribution in [3.63, 3.8) is 0 Å². The van der Waals surface area contributed by atoms with E-state index in [1.165, 1.54) is 18.2 Å². The number of hydrogen-bond donors (Lipinski definition) is 0. The smallest absolute Gasteiger partial charge is 0.363 e. The first-order valence-corrected chi connectivity index (χ1v) is 8.54. The number of halogens is 2. The van der Waals surface area contributed by atoms with E-state index in [-0.39, 0.29) is 22.3 Å². The van der Waals surface area contributed by atoms with Crippen molar-refractivity contribution in [1.29, 1.82) is 0 Å². The van der Waals surface area contributed by atoms with Gasteiger partial charge in [-0.05, 0) is 71.0 Å². The predicted octanol–water partition coefficient (Wildman–Crippen LogP) is 4.51. The minimum absolute atomic E-state index is 0.0275. The SMILES string of the molecule is Cc1cc(C2=N/C(=C\c3ccc(Cl)c([N+](=O)[O-])c3)C(=O)O2)ccc1I. The summed E-state index contributed by atoms with van der Waals surface area (Å²) in [4.78, 5) is 26.6. The Bertz CT molecular complexity index is 969. The fourth-order valence-electron chi connectivity index (χ4n) is 2.23. The van der Waals surface area contributed by atoms with Crippen molar-refractivity contribution >= 4 is 57.8 Å². The van der Waals surface area contributed by atoms with Crippen molar-refractivity contribution in [2.75, 3.05) is 0 Å².